The molecule has 0 heterocycles. The van der Waals surface area contributed by atoms with Crippen LogP contribution >= 0.6 is 0 Å². The Morgan fingerprint density at radius 2 is 1.26 bits per heavy atom. The monoisotopic (exact) mass is 639 g/mol. The molecule has 2 atom stereocenters. The number of hydroxylamine groups is 1. The number of hydrogen-bond acceptors (Lipinski definition) is 3. The Hall–Kier alpha value is -1.59. The van der Waals surface area contributed by atoms with Crippen LogP contribution in [0.25, 0.3) is 0 Å². The van der Waals surface area contributed by atoms with E-state index in [0.29, 0.717) is 5.56 Å². The van der Waals surface area contributed by atoms with Crippen molar-refractivity contribution < 1.29 is 9.63 Å². The molecule has 4 heteroatoms. The molecule has 0 aromatic heterocycles. The number of unbranched alkanes of at least 4 members (excludes halogenated alkanes) is 3. The molecule has 0 saturated heterocycles. The molecule has 0 aliphatic heterocycles. The molecule has 214 valence electrons. The van der Waals surface area contributed by atoms with Crippen LogP contribution in [0.15, 0.2) is 70.3 Å². The number of hydrogen-bond donors (Lipinski definition) is 1. The van der Waals surface area contributed by atoms with E-state index < -0.39 is 23.9 Å². The van der Waals surface area contributed by atoms with Gasteiger partial charge in [-0.15, -0.1) is 0 Å². The summed E-state index contributed by atoms with van der Waals surface area (Å²) in [6.07, 6.45) is 11.4. The molecular formula is C35H53NO2Sn. The van der Waals surface area contributed by atoms with Crippen molar-refractivity contribution in [2.75, 3.05) is 0 Å². The molecule has 3 nitrogen and oxygen atoms in total. The average molecular weight is 639 g/mol. The van der Waals surface area contributed by atoms with E-state index >= 15 is 0 Å². The first-order valence-corrected chi connectivity index (χ1v) is 23.0. The Balaban J connectivity index is 2.21. The molecule has 0 bridgehead atoms. The van der Waals surface area contributed by atoms with E-state index in [0.717, 1.165) is 6.42 Å². The van der Waals surface area contributed by atoms with E-state index in [-0.39, 0.29) is 16.8 Å². The Morgan fingerprint density at radius 1 is 0.769 bits per heavy atom. The summed E-state index contributed by atoms with van der Waals surface area (Å²) in [4.78, 5) is 19.4. The first-order chi connectivity index (χ1) is 18.7. The second-order valence-electron chi connectivity index (χ2n) is 12.5. The minimum absolute atomic E-state index is 0.167. The predicted molar refractivity (Wildman–Crippen MR) is 168 cm³/mol. The van der Waals surface area contributed by atoms with Crippen molar-refractivity contribution in [3.8, 4) is 0 Å². The summed E-state index contributed by atoms with van der Waals surface area (Å²) in [5.41, 5.74) is 4.33. The fourth-order valence-electron chi connectivity index (χ4n) is 7.50. The van der Waals surface area contributed by atoms with Crippen LogP contribution in [0.3, 0.4) is 0 Å². The third-order valence-corrected chi connectivity index (χ3v) is 26.2. The maximum absolute atomic E-state index is 13.3. The Kier molecular flexibility index (Phi) is 11.3. The molecule has 1 aliphatic rings. The Bertz CT molecular complexity index is 1060. The second kappa shape index (κ2) is 13.9. The zero-order valence-electron chi connectivity index (χ0n) is 25.7. The molecule has 3 rings (SSSR count). The van der Waals surface area contributed by atoms with Gasteiger partial charge < -0.3 is 0 Å². The topological polar surface area (TPSA) is 38.3 Å². The third-order valence-electron chi connectivity index (χ3n) is 9.71. The predicted octanol–water partition coefficient (Wildman–Crippen LogP) is 10.0. The van der Waals surface area contributed by atoms with E-state index in [4.69, 9.17) is 4.84 Å². The molecule has 2 aromatic rings. The van der Waals surface area contributed by atoms with Crippen molar-refractivity contribution in [1.29, 1.82) is 0 Å². The van der Waals surface area contributed by atoms with Crippen LogP contribution in [0.5, 0.6) is 0 Å². The molecule has 0 radical (unpaired) electrons. The standard InChI is InChI=1S/C23H26NO2.3C4H9.Sn/c1-5-22(4)17-16-21(2,3)23(22,19-14-10-7-11-15-19)24-26-20(25)18-12-8-6-9-13-18;3*1-3-4-2;/h6-16,24H,5H2,1-4H3;3*1,3-4H2,2H3;. The first kappa shape index (κ1) is 31.9. The molecule has 0 fully saturated rings. The zero-order chi connectivity index (χ0) is 28.6. The first-order valence-electron chi connectivity index (χ1n) is 15.5. The molecule has 0 saturated carbocycles. The van der Waals surface area contributed by atoms with Gasteiger partial charge in [0.25, 0.3) is 0 Å². The summed E-state index contributed by atoms with van der Waals surface area (Å²) in [5, 5.41) is 0. The van der Waals surface area contributed by atoms with Gasteiger partial charge in [0.1, 0.15) is 0 Å². The minimum atomic E-state index is -2.84. The van der Waals surface area contributed by atoms with E-state index in [1.54, 1.807) is 3.59 Å². The quantitative estimate of drug-likeness (QED) is 0.156. The Morgan fingerprint density at radius 3 is 1.72 bits per heavy atom. The van der Waals surface area contributed by atoms with Crippen LogP contribution < -0.4 is 5.48 Å². The summed E-state index contributed by atoms with van der Waals surface area (Å²) in [7, 11) is 0. The summed E-state index contributed by atoms with van der Waals surface area (Å²) in [5.74, 6) is -0.327. The van der Waals surface area contributed by atoms with Gasteiger partial charge in [-0.1, -0.05) is 0 Å². The van der Waals surface area contributed by atoms with E-state index in [1.165, 1.54) is 57.4 Å². The van der Waals surface area contributed by atoms with Crippen LogP contribution in [0.4, 0.5) is 0 Å². The van der Waals surface area contributed by atoms with Crippen LogP contribution in [-0.2, 0) is 10.4 Å². The van der Waals surface area contributed by atoms with E-state index in [1.807, 2.05) is 30.3 Å². The molecule has 1 aliphatic carbocycles. The van der Waals surface area contributed by atoms with Gasteiger partial charge in [-0.05, 0) is 0 Å². The van der Waals surface area contributed by atoms with Gasteiger partial charge in [-0.25, -0.2) is 0 Å². The summed E-state index contributed by atoms with van der Waals surface area (Å²) < 4.78 is 6.07. The van der Waals surface area contributed by atoms with Crippen LogP contribution in [0.1, 0.15) is 109 Å². The number of carbonyl (C=O) groups is 1. The van der Waals surface area contributed by atoms with Gasteiger partial charge in [0.05, 0.1) is 0 Å². The van der Waals surface area contributed by atoms with Crippen molar-refractivity contribution in [1.82, 2.24) is 5.48 Å². The molecule has 2 aromatic carbocycles. The van der Waals surface area contributed by atoms with Gasteiger partial charge in [0, 0.05) is 0 Å². The average Bonchev–Trinajstić information content (AvgIpc) is 3.15. The van der Waals surface area contributed by atoms with Gasteiger partial charge in [-0.3, -0.25) is 0 Å². The second-order valence-corrected chi connectivity index (χ2v) is 25.7. The van der Waals surface area contributed by atoms with Gasteiger partial charge >= 0.3 is 244 Å². The molecule has 0 amide bonds. The fraction of sp³-hybridized carbons (Fsp3) is 0.571. The van der Waals surface area contributed by atoms with Crippen molar-refractivity contribution in [2.45, 2.75) is 112 Å². The van der Waals surface area contributed by atoms with Crippen molar-refractivity contribution in [3.63, 3.8) is 0 Å². The number of benzene rings is 2. The molecular weight excluding hydrogens is 585 g/mol. The van der Waals surface area contributed by atoms with Gasteiger partial charge in [-0.2, -0.15) is 0 Å². The van der Waals surface area contributed by atoms with Crippen LogP contribution in [0.2, 0.25) is 13.3 Å². The van der Waals surface area contributed by atoms with Crippen LogP contribution in [-0.4, -0.2) is 24.3 Å². The van der Waals surface area contributed by atoms with Gasteiger partial charge in [0.15, 0.2) is 0 Å². The Labute approximate surface area is 243 Å². The number of nitrogens with one attached hydrogen (secondary N) is 1. The summed E-state index contributed by atoms with van der Waals surface area (Å²) in [6.45, 7) is 16.6. The molecule has 1 N–H and O–H groups in total. The van der Waals surface area contributed by atoms with Crippen molar-refractivity contribution in [2.24, 2.45) is 10.8 Å². The third kappa shape index (κ3) is 6.20. The number of carbonyl (C=O) groups excluding carboxylic acids is 1. The van der Waals surface area contributed by atoms with Crippen molar-refractivity contribution in [3.05, 3.63) is 81.5 Å². The van der Waals surface area contributed by atoms with Crippen molar-refractivity contribution >= 4 is 24.3 Å². The van der Waals surface area contributed by atoms with Crippen LogP contribution in [0, 0.1) is 10.8 Å². The normalized spacial score (nSPS) is 22.5. The molecule has 39 heavy (non-hydrogen) atoms. The molecule has 2 unspecified atom stereocenters. The zero-order valence-corrected chi connectivity index (χ0v) is 28.6. The van der Waals surface area contributed by atoms with E-state index in [9.17, 15) is 4.79 Å². The van der Waals surface area contributed by atoms with E-state index in [2.05, 4.69) is 90.4 Å². The fourth-order valence-corrected chi connectivity index (χ4v) is 27.1. The SMILES string of the molecule is CCC[CH2][Sn]([CH2]CCC)([CH2]CCC)[C]1=CC(C)(C)C(NOC(=O)c2ccccc2)(c2ccccc2)C1(C)CC. The summed E-state index contributed by atoms with van der Waals surface area (Å²) >= 11 is -2.84. The van der Waals surface area contributed by atoms with Gasteiger partial charge in [0.2, 0.25) is 0 Å². The summed E-state index contributed by atoms with van der Waals surface area (Å²) in [6, 6.07) is 20.2. The maximum atomic E-state index is 13.3. The number of rotatable bonds is 15. The molecule has 0 spiro atoms.